The van der Waals surface area contributed by atoms with E-state index in [9.17, 15) is 18.0 Å². The number of rotatable bonds is 3. The van der Waals surface area contributed by atoms with Crippen molar-refractivity contribution in [2.24, 2.45) is 0 Å². The molecule has 2 aromatic rings. The van der Waals surface area contributed by atoms with Crippen molar-refractivity contribution < 1.29 is 18.0 Å². The number of carbonyl (C=O) groups excluding carboxylic acids is 1. The number of benzene rings is 1. The molecule has 4 nitrogen and oxygen atoms in total. The Morgan fingerprint density at radius 1 is 1.35 bits per heavy atom. The molecule has 1 aromatic carbocycles. The third-order valence-electron chi connectivity index (χ3n) is 2.63. The molecule has 1 heterocycles. The lowest BCUT2D eigenvalue weighted by Gasteiger charge is -2.12. The highest BCUT2D eigenvalue weighted by molar-refractivity contribution is 5.90. The third-order valence-corrected chi connectivity index (χ3v) is 2.63. The summed E-state index contributed by atoms with van der Waals surface area (Å²) in [6.07, 6.45) is -3.33. The van der Waals surface area contributed by atoms with Gasteiger partial charge < -0.3 is 4.98 Å². The van der Waals surface area contributed by atoms with Gasteiger partial charge in [0.05, 0.1) is 12.0 Å². The van der Waals surface area contributed by atoms with E-state index in [2.05, 4.69) is 15.3 Å². The van der Waals surface area contributed by atoms with Gasteiger partial charge in [0.25, 0.3) is 0 Å². The standard InChI is InChI=1S/C13H12F3N3O/c1-8-7-17-12(18-8)19-11(20)6-9-4-2-3-5-10(9)13(14,15)16/h2-5,7H,6H2,1H3,(H2,17,18,19,20). The van der Waals surface area contributed by atoms with Crippen LogP contribution in [0.25, 0.3) is 0 Å². The molecule has 106 valence electrons. The minimum atomic E-state index is -4.47. The number of aromatic nitrogens is 2. The van der Waals surface area contributed by atoms with Gasteiger partial charge in [-0.1, -0.05) is 18.2 Å². The maximum absolute atomic E-state index is 12.8. The molecular formula is C13H12F3N3O. The fourth-order valence-electron chi connectivity index (χ4n) is 1.78. The van der Waals surface area contributed by atoms with E-state index < -0.39 is 17.6 Å². The number of aromatic amines is 1. The summed E-state index contributed by atoms with van der Waals surface area (Å²) in [6.45, 7) is 1.75. The van der Waals surface area contributed by atoms with Crippen LogP contribution in [0.4, 0.5) is 19.1 Å². The average molecular weight is 283 g/mol. The molecule has 0 atom stereocenters. The summed E-state index contributed by atoms with van der Waals surface area (Å²) in [4.78, 5) is 18.4. The number of aryl methyl sites for hydroxylation is 1. The zero-order valence-electron chi connectivity index (χ0n) is 10.6. The summed E-state index contributed by atoms with van der Waals surface area (Å²) in [5, 5.41) is 2.42. The first-order valence-electron chi connectivity index (χ1n) is 5.83. The molecule has 0 bridgehead atoms. The van der Waals surface area contributed by atoms with E-state index in [0.29, 0.717) is 0 Å². The van der Waals surface area contributed by atoms with Gasteiger partial charge in [0.1, 0.15) is 0 Å². The van der Waals surface area contributed by atoms with Gasteiger partial charge in [0, 0.05) is 11.9 Å². The van der Waals surface area contributed by atoms with Crippen LogP contribution in [-0.4, -0.2) is 15.9 Å². The second kappa shape index (κ2) is 5.36. The fraction of sp³-hybridized carbons (Fsp3) is 0.231. The summed E-state index contributed by atoms with van der Waals surface area (Å²) in [7, 11) is 0. The van der Waals surface area contributed by atoms with E-state index in [-0.39, 0.29) is 17.9 Å². The van der Waals surface area contributed by atoms with Gasteiger partial charge in [-0.05, 0) is 18.6 Å². The summed E-state index contributed by atoms with van der Waals surface area (Å²) in [6, 6.07) is 5.00. The molecule has 2 N–H and O–H groups in total. The zero-order valence-corrected chi connectivity index (χ0v) is 10.6. The number of amides is 1. The van der Waals surface area contributed by atoms with Crippen LogP contribution in [0.2, 0.25) is 0 Å². The quantitative estimate of drug-likeness (QED) is 0.910. The Morgan fingerprint density at radius 3 is 2.65 bits per heavy atom. The topological polar surface area (TPSA) is 57.8 Å². The van der Waals surface area contributed by atoms with Crippen LogP contribution in [0.15, 0.2) is 30.5 Å². The Hall–Kier alpha value is -2.31. The van der Waals surface area contributed by atoms with Crippen molar-refractivity contribution >= 4 is 11.9 Å². The van der Waals surface area contributed by atoms with Crippen LogP contribution in [-0.2, 0) is 17.4 Å². The van der Waals surface area contributed by atoms with Crippen molar-refractivity contribution in [3.05, 3.63) is 47.3 Å². The van der Waals surface area contributed by atoms with E-state index in [1.807, 2.05) is 0 Å². The summed E-state index contributed by atoms with van der Waals surface area (Å²) in [5.74, 6) is -0.340. The lowest BCUT2D eigenvalue weighted by Crippen LogP contribution is -2.18. The molecule has 0 radical (unpaired) electrons. The Balaban J connectivity index is 2.12. The van der Waals surface area contributed by atoms with Gasteiger partial charge in [-0.25, -0.2) is 4.98 Å². The summed E-state index contributed by atoms with van der Waals surface area (Å²) >= 11 is 0. The lowest BCUT2D eigenvalue weighted by atomic mass is 10.0. The van der Waals surface area contributed by atoms with Crippen molar-refractivity contribution in [2.75, 3.05) is 5.32 Å². The Kier molecular flexibility index (Phi) is 3.78. The highest BCUT2D eigenvalue weighted by Crippen LogP contribution is 2.32. The monoisotopic (exact) mass is 283 g/mol. The van der Waals surface area contributed by atoms with Crippen molar-refractivity contribution in [1.29, 1.82) is 0 Å². The molecule has 0 saturated carbocycles. The van der Waals surface area contributed by atoms with E-state index in [1.165, 1.54) is 24.4 Å². The maximum atomic E-state index is 12.8. The molecule has 7 heteroatoms. The van der Waals surface area contributed by atoms with E-state index in [4.69, 9.17) is 0 Å². The second-order valence-electron chi connectivity index (χ2n) is 4.29. The van der Waals surface area contributed by atoms with Gasteiger partial charge in [-0.2, -0.15) is 13.2 Å². The largest absolute Gasteiger partial charge is 0.416 e. The van der Waals surface area contributed by atoms with Gasteiger partial charge in [0.2, 0.25) is 11.9 Å². The number of nitrogens with zero attached hydrogens (tertiary/aromatic N) is 1. The number of imidazole rings is 1. The number of carbonyl (C=O) groups is 1. The first-order chi connectivity index (χ1) is 9.36. The zero-order chi connectivity index (χ0) is 14.8. The molecule has 0 spiro atoms. The van der Waals surface area contributed by atoms with Crippen molar-refractivity contribution in [1.82, 2.24) is 9.97 Å². The highest BCUT2D eigenvalue weighted by Gasteiger charge is 2.33. The molecule has 1 amide bonds. The SMILES string of the molecule is Cc1cnc(NC(=O)Cc2ccccc2C(F)(F)F)[nH]1. The predicted octanol–water partition coefficient (Wildman–Crippen LogP) is 2.92. The van der Waals surface area contributed by atoms with Crippen LogP contribution < -0.4 is 5.32 Å². The Labute approximate surface area is 113 Å². The van der Waals surface area contributed by atoms with Gasteiger partial charge >= 0.3 is 6.18 Å². The molecule has 0 unspecified atom stereocenters. The third kappa shape index (κ3) is 3.37. The van der Waals surface area contributed by atoms with Crippen LogP contribution in [0.3, 0.4) is 0 Å². The van der Waals surface area contributed by atoms with Crippen molar-refractivity contribution in [3.8, 4) is 0 Å². The van der Waals surface area contributed by atoms with Gasteiger partial charge in [0.15, 0.2) is 0 Å². The first kappa shape index (κ1) is 14.1. The molecule has 0 fully saturated rings. The van der Waals surface area contributed by atoms with E-state index in [0.717, 1.165) is 11.8 Å². The van der Waals surface area contributed by atoms with Crippen LogP contribution >= 0.6 is 0 Å². The van der Waals surface area contributed by atoms with Crippen molar-refractivity contribution in [3.63, 3.8) is 0 Å². The normalized spacial score (nSPS) is 11.4. The number of anilines is 1. The molecule has 1 aromatic heterocycles. The van der Waals surface area contributed by atoms with Crippen molar-refractivity contribution in [2.45, 2.75) is 19.5 Å². The molecule has 0 aliphatic carbocycles. The first-order valence-corrected chi connectivity index (χ1v) is 5.83. The molecule has 0 saturated heterocycles. The number of alkyl halides is 3. The van der Waals surface area contributed by atoms with Crippen LogP contribution in [0.1, 0.15) is 16.8 Å². The Morgan fingerprint density at radius 2 is 2.05 bits per heavy atom. The summed E-state index contributed by atoms with van der Waals surface area (Å²) < 4.78 is 38.3. The predicted molar refractivity (Wildman–Crippen MR) is 67.1 cm³/mol. The van der Waals surface area contributed by atoms with Gasteiger partial charge in [-0.15, -0.1) is 0 Å². The molecular weight excluding hydrogens is 271 g/mol. The van der Waals surface area contributed by atoms with E-state index in [1.54, 1.807) is 6.92 Å². The minimum absolute atomic E-state index is 0.0687. The number of hydrogen-bond donors (Lipinski definition) is 2. The maximum Gasteiger partial charge on any atom is 0.416 e. The summed E-state index contributed by atoms with van der Waals surface area (Å²) in [5.41, 5.74) is -0.123. The van der Waals surface area contributed by atoms with Crippen LogP contribution in [0, 0.1) is 6.92 Å². The van der Waals surface area contributed by atoms with Gasteiger partial charge in [-0.3, -0.25) is 10.1 Å². The number of halogens is 3. The smallest absolute Gasteiger partial charge is 0.328 e. The minimum Gasteiger partial charge on any atom is -0.328 e. The number of H-pyrrole nitrogens is 1. The van der Waals surface area contributed by atoms with Crippen LogP contribution in [0.5, 0.6) is 0 Å². The average Bonchev–Trinajstić information content (AvgIpc) is 2.73. The fourth-order valence-corrected chi connectivity index (χ4v) is 1.78. The Bertz CT molecular complexity index is 619. The lowest BCUT2D eigenvalue weighted by molar-refractivity contribution is -0.138. The number of nitrogens with one attached hydrogen (secondary N) is 2. The molecule has 20 heavy (non-hydrogen) atoms. The van der Waals surface area contributed by atoms with E-state index >= 15 is 0 Å². The molecule has 0 aliphatic rings. The molecule has 0 aliphatic heterocycles. The molecule has 2 rings (SSSR count). The second-order valence-corrected chi connectivity index (χ2v) is 4.29. The number of hydrogen-bond acceptors (Lipinski definition) is 2. The highest BCUT2D eigenvalue weighted by atomic mass is 19.4.